The molecule has 0 saturated carbocycles. The molecule has 0 bridgehead atoms. The number of ether oxygens (including phenoxy) is 1. The lowest BCUT2D eigenvalue weighted by atomic mass is 10.1. The Morgan fingerprint density at radius 3 is 2.33 bits per heavy atom. The molecule has 1 aromatic heterocycles. The van der Waals surface area contributed by atoms with E-state index in [4.69, 9.17) is 4.74 Å². The molecule has 0 aromatic carbocycles. The zero-order valence-corrected chi connectivity index (χ0v) is 14.6. The highest BCUT2D eigenvalue weighted by molar-refractivity contribution is 7.16. The number of nitrogens with zero attached hydrogens (tertiary/aromatic N) is 2. The fourth-order valence-electron chi connectivity index (χ4n) is 1.75. The van der Waals surface area contributed by atoms with Crippen molar-refractivity contribution in [2.45, 2.75) is 60.5 Å². The van der Waals surface area contributed by atoms with E-state index in [9.17, 15) is 9.59 Å². The number of aromatic nitrogens is 1. The summed E-state index contributed by atoms with van der Waals surface area (Å²) in [5, 5.41) is 1.47. The number of imide groups is 1. The summed E-state index contributed by atoms with van der Waals surface area (Å²) >= 11 is 1.37. The number of hydrogen-bond acceptors (Lipinski definition) is 5. The molecule has 0 spiro atoms. The van der Waals surface area contributed by atoms with Gasteiger partial charge >= 0.3 is 6.09 Å². The Balaban J connectivity index is 3.09. The molecule has 21 heavy (non-hydrogen) atoms. The highest BCUT2D eigenvalue weighted by Crippen LogP contribution is 2.31. The smallest absolute Gasteiger partial charge is 0.422 e. The van der Waals surface area contributed by atoms with Crippen molar-refractivity contribution >= 4 is 28.3 Å². The monoisotopic (exact) mass is 312 g/mol. The van der Waals surface area contributed by atoms with Gasteiger partial charge in [-0.1, -0.05) is 13.8 Å². The maximum absolute atomic E-state index is 12.2. The first-order chi connectivity index (χ1) is 9.51. The van der Waals surface area contributed by atoms with E-state index in [1.807, 2.05) is 0 Å². The first kappa shape index (κ1) is 17.6. The molecule has 1 rings (SSSR count). The summed E-state index contributed by atoms with van der Waals surface area (Å²) < 4.78 is 5.31. The molecule has 2 amide bonds. The number of amides is 2. The molecule has 0 radical (unpaired) electrons. The van der Waals surface area contributed by atoms with Gasteiger partial charge in [0.05, 0.1) is 10.7 Å². The van der Waals surface area contributed by atoms with E-state index in [0.717, 1.165) is 16.3 Å². The van der Waals surface area contributed by atoms with Gasteiger partial charge in [-0.25, -0.2) is 14.7 Å². The van der Waals surface area contributed by atoms with Gasteiger partial charge in [-0.05, 0) is 33.6 Å². The number of hydrogen-bond donors (Lipinski definition) is 0. The highest BCUT2D eigenvalue weighted by atomic mass is 32.1. The molecule has 1 heterocycles. The SMILES string of the molecule is CC(=O)N(C(=O)OC(C)(C)C)c1sc(CC(C)C)nc1C. The summed E-state index contributed by atoms with van der Waals surface area (Å²) in [6.07, 6.45) is 0.170. The van der Waals surface area contributed by atoms with Crippen LogP contribution in [0.15, 0.2) is 0 Å². The van der Waals surface area contributed by atoms with Gasteiger partial charge < -0.3 is 4.74 Å². The molecule has 1 aromatic rings. The minimum absolute atomic E-state index is 0.368. The highest BCUT2D eigenvalue weighted by Gasteiger charge is 2.29. The second-order valence-corrected chi connectivity index (χ2v) is 7.49. The third kappa shape index (κ3) is 5.12. The maximum Gasteiger partial charge on any atom is 0.422 e. The van der Waals surface area contributed by atoms with Crippen molar-refractivity contribution in [3.8, 4) is 0 Å². The second-order valence-electron chi connectivity index (χ2n) is 6.43. The van der Waals surface area contributed by atoms with Gasteiger partial charge in [0.2, 0.25) is 5.91 Å². The van der Waals surface area contributed by atoms with Crippen LogP contribution < -0.4 is 4.90 Å². The Bertz CT molecular complexity index is 530. The Hall–Kier alpha value is -1.43. The van der Waals surface area contributed by atoms with Crippen LogP contribution >= 0.6 is 11.3 Å². The van der Waals surface area contributed by atoms with E-state index in [1.54, 1.807) is 27.7 Å². The van der Waals surface area contributed by atoms with Crippen LogP contribution in [0, 0.1) is 12.8 Å². The predicted octanol–water partition coefficient (Wildman–Crippen LogP) is 3.94. The minimum Gasteiger partial charge on any atom is -0.443 e. The van der Waals surface area contributed by atoms with Crippen molar-refractivity contribution in [3.63, 3.8) is 0 Å². The van der Waals surface area contributed by atoms with E-state index in [-0.39, 0.29) is 5.91 Å². The lowest BCUT2D eigenvalue weighted by Gasteiger charge is -2.24. The van der Waals surface area contributed by atoms with Crippen LogP contribution in [0.1, 0.15) is 52.2 Å². The fraction of sp³-hybridized carbons (Fsp3) is 0.667. The molecule has 5 nitrogen and oxygen atoms in total. The van der Waals surface area contributed by atoms with Crippen molar-refractivity contribution in [2.24, 2.45) is 5.92 Å². The molecular weight excluding hydrogens is 288 g/mol. The number of aryl methyl sites for hydroxylation is 1. The van der Waals surface area contributed by atoms with E-state index >= 15 is 0 Å². The zero-order chi connectivity index (χ0) is 16.4. The molecule has 0 unspecified atom stereocenters. The van der Waals surface area contributed by atoms with Gasteiger partial charge in [0, 0.05) is 13.3 Å². The van der Waals surface area contributed by atoms with Crippen molar-refractivity contribution in [3.05, 3.63) is 10.7 Å². The van der Waals surface area contributed by atoms with Crippen LogP contribution in [0.5, 0.6) is 0 Å². The minimum atomic E-state index is -0.655. The first-order valence-electron chi connectivity index (χ1n) is 7.01. The maximum atomic E-state index is 12.2. The van der Waals surface area contributed by atoms with Gasteiger partial charge in [0.15, 0.2) is 0 Å². The van der Waals surface area contributed by atoms with Gasteiger partial charge in [0.25, 0.3) is 0 Å². The van der Waals surface area contributed by atoms with E-state index in [0.29, 0.717) is 16.6 Å². The molecule has 118 valence electrons. The third-order valence-electron chi connectivity index (χ3n) is 2.49. The zero-order valence-electron chi connectivity index (χ0n) is 13.8. The van der Waals surface area contributed by atoms with E-state index in [2.05, 4.69) is 18.8 Å². The van der Waals surface area contributed by atoms with Gasteiger partial charge in [-0.3, -0.25) is 4.79 Å². The van der Waals surface area contributed by atoms with Crippen molar-refractivity contribution in [2.75, 3.05) is 4.90 Å². The first-order valence-corrected chi connectivity index (χ1v) is 7.83. The average Bonchev–Trinajstić information content (AvgIpc) is 2.55. The van der Waals surface area contributed by atoms with E-state index in [1.165, 1.54) is 18.3 Å². The number of rotatable bonds is 3. The fourth-order valence-corrected chi connectivity index (χ4v) is 3.06. The van der Waals surface area contributed by atoms with Crippen LogP contribution in [0.25, 0.3) is 0 Å². The Kier molecular flexibility index (Phi) is 5.50. The summed E-state index contributed by atoms with van der Waals surface area (Å²) in [7, 11) is 0. The van der Waals surface area contributed by atoms with Crippen LogP contribution in [0.2, 0.25) is 0 Å². The number of thiazole rings is 1. The van der Waals surface area contributed by atoms with Crippen LogP contribution in [0.4, 0.5) is 9.80 Å². The predicted molar refractivity (Wildman–Crippen MR) is 84.8 cm³/mol. The lowest BCUT2D eigenvalue weighted by molar-refractivity contribution is -0.116. The van der Waals surface area contributed by atoms with Crippen molar-refractivity contribution in [1.29, 1.82) is 0 Å². The molecule has 6 heteroatoms. The topological polar surface area (TPSA) is 59.5 Å². The van der Waals surface area contributed by atoms with Gasteiger partial charge in [-0.2, -0.15) is 0 Å². The number of anilines is 1. The normalized spacial score (nSPS) is 11.6. The number of carbonyl (C=O) groups excluding carboxylic acids is 2. The third-order valence-corrected chi connectivity index (χ3v) is 3.66. The largest absolute Gasteiger partial charge is 0.443 e. The summed E-state index contributed by atoms with van der Waals surface area (Å²) in [5.41, 5.74) is 0.0288. The molecule has 0 saturated heterocycles. The molecule has 0 fully saturated rings. The standard InChI is InChI=1S/C15H24N2O3S/c1-9(2)8-12-16-10(3)13(21-12)17(11(4)18)14(19)20-15(5,6)7/h9H,8H2,1-7H3. The molecule has 0 atom stereocenters. The van der Waals surface area contributed by atoms with Crippen molar-refractivity contribution < 1.29 is 14.3 Å². The molecule has 0 aliphatic rings. The van der Waals surface area contributed by atoms with Gasteiger partial charge in [-0.15, -0.1) is 11.3 Å². The second kappa shape index (κ2) is 6.56. The molecule has 0 aliphatic carbocycles. The van der Waals surface area contributed by atoms with E-state index < -0.39 is 11.7 Å². The quantitative estimate of drug-likeness (QED) is 0.848. The average molecular weight is 312 g/mol. The summed E-state index contributed by atoms with van der Waals surface area (Å²) in [6.45, 7) is 12.7. The molecule has 0 N–H and O–H groups in total. The van der Waals surface area contributed by atoms with Crippen LogP contribution in [-0.4, -0.2) is 22.6 Å². The lowest BCUT2D eigenvalue weighted by Crippen LogP contribution is -2.39. The summed E-state index contributed by atoms with van der Waals surface area (Å²) in [5.74, 6) is 0.0998. The summed E-state index contributed by atoms with van der Waals surface area (Å²) in [6, 6.07) is 0. The number of carbonyl (C=O) groups is 2. The van der Waals surface area contributed by atoms with Crippen LogP contribution in [0.3, 0.4) is 0 Å². The Morgan fingerprint density at radius 2 is 1.90 bits per heavy atom. The summed E-state index contributed by atoms with van der Waals surface area (Å²) in [4.78, 5) is 29.6. The molecular formula is C15H24N2O3S. The molecule has 0 aliphatic heterocycles. The van der Waals surface area contributed by atoms with Crippen molar-refractivity contribution in [1.82, 2.24) is 4.98 Å². The van der Waals surface area contributed by atoms with Crippen LogP contribution in [-0.2, 0) is 16.0 Å². The Labute approximate surface area is 130 Å². The Morgan fingerprint density at radius 1 is 1.33 bits per heavy atom. The van der Waals surface area contributed by atoms with Gasteiger partial charge in [0.1, 0.15) is 10.6 Å².